The first kappa shape index (κ1) is 12.4. The van der Waals surface area contributed by atoms with Gasteiger partial charge in [0, 0.05) is 6.42 Å². The van der Waals surface area contributed by atoms with Gasteiger partial charge in [-0.3, -0.25) is 0 Å². The van der Waals surface area contributed by atoms with Gasteiger partial charge in [-0.1, -0.05) is 13.0 Å². The molecule has 0 unspecified atom stereocenters. The molecule has 0 radical (unpaired) electrons. The van der Waals surface area contributed by atoms with Crippen LogP contribution in [0.2, 0.25) is 0 Å². The molecule has 0 saturated heterocycles. The number of aromatic nitrogens is 2. The lowest BCUT2D eigenvalue weighted by Crippen LogP contribution is -2.02. The van der Waals surface area contributed by atoms with Crippen LogP contribution in [0.4, 0.5) is 5.69 Å². The van der Waals surface area contributed by atoms with E-state index >= 15 is 0 Å². The number of nitrogens with zero attached hydrogens (tertiary/aromatic N) is 2. The molecule has 0 atom stereocenters. The summed E-state index contributed by atoms with van der Waals surface area (Å²) in [6, 6.07) is 5.96. The van der Waals surface area contributed by atoms with E-state index in [1.807, 2.05) is 32.0 Å². The van der Waals surface area contributed by atoms with E-state index in [-0.39, 0.29) is 0 Å². The number of ether oxygens (including phenoxy) is 1. The monoisotopic (exact) mass is 247 g/mol. The number of anilines is 1. The Morgan fingerprint density at radius 3 is 2.72 bits per heavy atom. The van der Waals surface area contributed by atoms with Crippen LogP contribution in [0.15, 0.2) is 22.6 Å². The van der Waals surface area contributed by atoms with E-state index in [0.717, 1.165) is 23.4 Å². The van der Waals surface area contributed by atoms with E-state index in [1.165, 1.54) is 0 Å². The molecule has 0 spiro atoms. The van der Waals surface area contributed by atoms with Gasteiger partial charge in [-0.05, 0) is 24.6 Å². The summed E-state index contributed by atoms with van der Waals surface area (Å²) in [6.45, 7) is 4.51. The molecule has 1 aromatic heterocycles. The van der Waals surface area contributed by atoms with Crippen LogP contribution < -0.4 is 10.1 Å². The number of hydrogen-bond donors (Lipinski definition) is 1. The Kier molecular flexibility index (Phi) is 3.82. The van der Waals surface area contributed by atoms with Crippen LogP contribution in [-0.4, -0.2) is 17.3 Å². The first-order valence-electron chi connectivity index (χ1n) is 5.92. The van der Waals surface area contributed by atoms with Gasteiger partial charge in [-0.25, -0.2) is 0 Å². The summed E-state index contributed by atoms with van der Waals surface area (Å²) in [5.41, 5.74) is 2.09. The molecule has 0 saturated carbocycles. The van der Waals surface area contributed by atoms with Gasteiger partial charge in [0.15, 0.2) is 0 Å². The fourth-order valence-electron chi connectivity index (χ4n) is 1.63. The van der Waals surface area contributed by atoms with Gasteiger partial charge in [0.1, 0.15) is 5.75 Å². The molecular weight excluding hydrogens is 230 g/mol. The van der Waals surface area contributed by atoms with Crippen molar-refractivity contribution < 1.29 is 9.15 Å². The lowest BCUT2D eigenvalue weighted by Gasteiger charge is -2.10. The molecule has 5 nitrogen and oxygen atoms in total. The first-order valence-corrected chi connectivity index (χ1v) is 5.92. The second-order valence-corrected chi connectivity index (χ2v) is 4.00. The summed E-state index contributed by atoms with van der Waals surface area (Å²) in [4.78, 5) is 0. The zero-order valence-electron chi connectivity index (χ0n) is 10.9. The van der Waals surface area contributed by atoms with Crippen molar-refractivity contribution in [3.63, 3.8) is 0 Å². The van der Waals surface area contributed by atoms with Crippen LogP contribution in [0.5, 0.6) is 5.75 Å². The minimum Gasteiger partial charge on any atom is -0.495 e. The Morgan fingerprint density at radius 2 is 2.06 bits per heavy atom. The van der Waals surface area contributed by atoms with E-state index in [2.05, 4.69) is 15.5 Å². The normalized spacial score (nSPS) is 10.4. The summed E-state index contributed by atoms with van der Waals surface area (Å²) in [7, 11) is 1.65. The third-order valence-corrected chi connectivity index (χ3v) is 2.60. The van der Waals surface area contributed by atoms with Crippen LogP contribution in [0, 0.1) is 6.92 Å². The predicted octanol–water partition coefficient (Wildman–Crippen LogP) is 2.56. The molecule has 2 aromatic rings. The Hall–Kier alpha value is -2.04. The van der Waals surface area contributed by atoms with Crippen LogP contribution in [0.1, 0.15) is 24.3 Å². The Bertz CT molecular complexity index is 523. The van der Waals surface area contributed by atoms with Crippen molar-refractivity contribution in [3.8, 4) is 5.75 Å². The molecule has 1 heterocycles. The van der Waals surface area contributed by atoms with E-state index < -0.39 is 0 Å². The minimum absolute atomic E-state index is 0.493. The third-order valence-electron chi connectivity index (χ3n) is 2.60. The minimum atomic E-state index is 0.493. The zero-order valence-corrected chi connectivity index (χ0v) is 10.9. The van der Waals surface area contributed by atoms with E-state index in [4.69, 9.17) is 9.15 Å². The molecule has 1 N–H and O–H groups in total. The molecule has 0 bridgehead atoms. The van der Waals surface area contributed by atoms with Crippen molar-refractivity contribution in [1.29, 1.82) is 0 Å². The molecule has 0 aliphatic carbocycles. The van der Waals surface area contributed by atoms with Crippen molar-refractivity contribution in [1.82, 2.24) is 10.2 Å². The topological polar surface area (TPSA) is 60.2 Å². The summed E-state index contributed by atoms with van der Waals surface area (Å²) in [5, 5.41) is 11.1. The molecule has 1 aromatic carbocycles. The Balaban J connectivity index is 2.07. The average Bonchev–Trinajstić information content (AvgIpc) is 2.84. The fraction of sp³-hybridized carbons (Fsp3) is 0.385. The van der Waals surface area contributed by atoms with E-state index in [0.29, 0.717) is 18.3 Å². The summed E-state index contributed by atoms with van der Waals surface area (Å²) in [5.74, 6) is 2.04. The van der Waals surface area contributed by atoms with Crippen LogP contribution in [0.25, 0.3) is 0 Å². The molecule has 96 valence electrons. The maximum atomic E-state index is 5.43. The summed E-state index contributed by atoms with van der Waals surface area (Å²) < 4.78 is 10.7. The van der Waals surface area contributed by atoms with Crippen molar-refractivity contribution in [3.05, 3.63) is 35.5 Å². The largest absolute Gasteiger partial charge is 0.495 e. The summed E-state index contributed by atoms with van der Waals surface area (Å²) >= 11 is 0. The molecular formula is C13H17N3O2. The summed E-state index contributed by atoms with van der Waals surface area (Å²) in [6.07, 6.45) is 0.751. The Morgan fingerprint density at radius 1 is 1.28 bits per heavy atom. The highest BCUT2D eigenvalue weighted by Gasteiger charge is 2.06. The fourth-order valence-corrected chi connectivity index (χ4v) is 1.63. The second kappa shape index (κ2) is 5.53. The van der Waals surface area contributed by atoms with Gasteiger partial charge < -0.3 is 14.5 Å². The zero-order chi connectivity index (χ0) is 13.0. The molecule has 2 rings (SSSR count). The number of hydrogen-bond acceptors (Lipinski definition) is 5. The van der Waals surface area contributed by atoms with Crippen molar-refractivity contribution in [2.24, 2.45) is 0 Å². The molecule has 0 amide bonds. The van der Waals surface area contributed by atoms with Crippen molar-refractivity contribution in [2.45, 2.75) is 26.8 Å². The van der Waals surface area contributed by atoms with Crippen molar-refractivity contribution >= 4 is 5.69 Å². The van der Waals surface area contributed by atoms with Gasteiger partial charge in [0.05, 0.1) is 19.3 Å². The van der Waals surface area contributed by atoms with Crippen LogP contribution in [0.3, 0.4) is 0 Å². The number of methoxy groups -OCH3 is 1. The standard InChI is InChI=1S/C13H17N3O2/c1-4-12-15-16-13(18-12)8-14-10-7-9(2)5-6-11(10)17-3/h5-7,14H,4,8H2,1-3H3. The van der Waals surface area contributed by atoms with Gasteiger partial charge in [-0.15, -0.1) is 10.2 Å². The van der Waals surface area contributed by atoms with Gasteiger partial charge in [0.25, 0.3) is 0 Å². The maximum Gasteiger partial charge on any atom is 0.235 e. The van der Waals surface area contributed by atoms with E-state index in [1.54, 1.807) is 7.11 Å². The lowest BCUT2D eigenvalue weighted by molar-refractivity contribution is 0.415. The predicted molar refractivity (Wildman–Crippen MR) is 68.7 cm³/mol. The average molecular weight is 247 g/mol. The smallest absolute Gasteiger partial charge is 0.235 e. The first-order chi connectivity index (χ1) is 8.72. The Labute approximate surface area is 106 Å². The second-order valence-electron chi connectivity index (χ2n) is 4.00. The maximum absolute atomic E-state index is 5.43. The quantitative estimate of drug-likeness (QED) is 0.879. The van der Waals surface area contributed by atoms with Crippen LogP contribution >= 0.6 is 0 Å². The molecule has 18 heavy (non-hydrogen) atoms. The lowest BCUT2D eigenvalue weighted by atomic mass is 10.2. The van der Waals surface area contributed by atoms with E-state index in [9.17, 15) is 0 Å². The highest BCUT2D eigenvalue weighted by atomic mass is 16.5. The number of nitrogens with one attached hydrogen (secondary N) is 1. The molecule has 0 fully saturated rings. The third kappa shape index (κ3) is 2.80. The van der Waals surface area contributed by atoms with Gasteiger partial charge >= 0.3 is 0 Å². The SMILES string of the molecule is CCc1nnc(CNc2cc(C)ccc2OC)o1. The molecule has 5 heteroatoms. The van der Waals surface area contributed by atoms with Gasteiger partial charge in [0.2, 0.25) is 11.8 Å². The highest BCUT2D eigenvalue weighted by molar-refractivity contribution is 5.57. The van der Waals surface area contributed by atoms with Gasteiger partial charge in [-0.2, -0.15) is 0 Å². The van der Waals surface area contributed by atoms with Crippen molar-refractivity contribution in [2.75, 3.05) is 12.4 Å². The molecule has 0 aliphatic rings. The number of benzene rings is 1. The van der Waals surface area contributed by atoms with Crippen LogP contribution in [-0.2, 0) is 13.0 Å². The highest BCUT2D eigenvalue weighted by Crippen LogP contribution is 2.25. The number of rotatable bonds is 5. The molecule has 0 aliphatic heterocycles. The number of aryl methyl sites for hydroxylation is 2.